The molecule has 1 aromatic heterocycles. The molecule has 1 heterocycles. The summed E-state index contributed by atoms with van der Waals surface area (Å²) in [6, 6.07) is 5.31. The summed E-state index contributed by atoms with van der Waals surface area (Å²) in [5, 5.41) is 8.46. The van der Waals surface area contributed by atoms with E-state index in [1.807, 2.05) is 6.07 Å². The van der Waals surface area contributed by atoms with Crippen molar-refractivity contribution in [3.63, 3.8) is 0 Å². The van der Waals surface area contributed by atoms with Crippen LogP contribution in [0.5, 0.6) is 0 Å². The zero-order valence-electron chi connectivity index (χ0n) is 7.03. The van der Waals surface area contributed by atoms with Crippen LogP contribution in [0.2, 0.25) is 0 Å². The molecule has 0 aliphatic carbocycles. The van der Waals surface area contributed by atoms with E-state index in [2.05, 4.69) is 4.98 Å². The van der Waals surface area contributed by atoms with Gasteiger partial charge < -0.3 is 5.73 Å². The molecule has 2 N–H and O–H groups in total. The lowest BCUT2D eigenvalue weighted by Crippen LogP contribution is -2.11. The summed E-state index contributed by atoms with van der Waals surface area (Å²) in [4.78, 5) is 14.3. The number of carbonyl (C=O) groups is 1. The summed E-state index contributed by atoms with van der Waals surface area (Å²) < 4.78 is 0. The summed E-state index contributed by atoms with van der Waals surface area (Å²) in [6.45, 7) is 0. The van der Waals surface area contributed by atoms with Gasteiger partial charge in [0, 0.05) is 12.6 Å². The van der Waals surface area contributed by atoms with E-state index in [1.54, 1.807) is 18.3 Å². The summed E-state index contributed by atoms with van der Waals surface area (Å²) in [6.07, 6.45) is 2.48. The summed E-state index contributed by atoms with van der Waals surface area (Å²) >= 11 is 0. The van der Waals surface area contributed by atoms with Crippen LogP contribution in [0, 0.1) is 11.3 Å². The van der Waals surface area contributed by atoms with Crippen molar-refractivity contribution in [1.29, 1.82) is 5.26 Å². The van der Waals surface area contributed by atoms with E-state index in [1.165, 1.54) is 0 Å². The quantitative estimate of drug-likeness (QED) is 0.720. The van der Waals surface area contributed by atoms with Crippen LogP contribution >= 0.6 is 0 Å². The van der Waals surface area contributed by atoms with E-state index >= 15 is 0 Å². The first-order valence-corrected chi connectivity index (χ1v) is 3.85. The molecule has 13 heavy (non-hydrogen) atoms. The fourth-order valence-electron chi connectivity index (χ4n) is 0.906. The second-order valence-corrected chi connectivity index (χ2v) is 2.63. The van der Waals surface area contributed by atoms with Gasteiger partial charge in [-0.2, -0.15) is 5.26 Å². The molecule has 0 radical (unpaired) electrons. The lowest BCUT2D eigenvalue weighted by Gasteiger charge is -1.97. The largest absolute Gasteiger partial charge is 0.370 e. The van der Waals surface area contributed by atoms with Crippen LogP contribution in [-0.4, -0.2) is 10.9 Å². The first kappa shape index (κ1) is 9.20. The molecule has 0 aromatic carbocycles. The molecule has 0 atom stereocenters. The van der Waals surface area contributed by atoms with Crippen LogP contribution in [0.1, 0.15) is 17.7 Å². The fraction of sp³-hybridized carbons (Fsp3) is 0.222. The van der Waals surface area contributed by atoms with Crippen LogP contribution in [0.3, 0.4) is 0 Å². The average molecular weight is 175 g/mol. The molecular formula is C9H9N3O. The van der Waals surface area contributed by atoms with Gasteiger partial charge >= 0.3 is 0 Å². The number of rotatable bonds is 3. The van der Waals surface area contributed by atoms with Gasteiger partial charge in [-0.3, -0.25) is 4.79 Å². The van der Waals surface area contributed by atoms with Gasteiger partial charge in [0.2, 0.25) is 5.91 Å². The maximum Gasteiger partial charge on any atom is 0.217 e. The van der Waals surface area contributed by atoms with Crippen LogP contribution in [0.25, 0.3) is 0 Å². The Morgan fingerprint density at radius 2 is 2.38 bits per heavy atom. The SMILES string of the molecule is N#Cc1ccc(CCC(N)=O)cn1. The lowest BCUT2D eigenvalue weighted by molar-refractivity contribution is -0.117. The van der Waals surface area contributed by atoms with Crippen molar-refractivity contribution in [2.75, 3.05) is 0 Å². The molecule has 4 heteroatoms. The molecule has 1 aromatic rings. The maximum atomic E-state index is 10.4. The first-order chi connectivity index (χ1) is 6.22. The van der Waals surface area contributed by atoms with Gasteiger partial charge in [-0.15, -0.1) is 0 Å². The number of carbonyl (C=O) groups excluding carboxylic acids is 1. The van der Waals surface area contributed by atoms with Crippen LogP contribution < -0.4 is 5.73 Å². The van der Waals surface area contributed by atoms with E-state index in [0.29, 0.717) is 18.5 Å². The minimum Gasteiger partial charge on any atom is -0.370 e. The van der Waals surface area contributed by atoms with Crippen molar-refractivity contribution in [3.8, 4) is 6.07 Å². The van der Waals surface area contributed by atoms with E-state index in [-0.39, 0.29) is 5.91 Å². The Kier molecular flexibility index (Phi) is 2.98. The van der Waals surface area contributed by atoms with Gasteiger partial charge in [-0.1, -0.05) is 6.07 Å². The van der Waals surface area contributed by atoms with Crippen molar-refractivity contribution in [1.82, 2.24) is 4.98 Å². The number of aryl methyl sites for hydroxylation is 1. The lowest BCUT2D eigenvalue weighted by atomic mass is 10.1. The number of hydrogen-bond donors (Lipinski definition) is 1. The van der Waals surface area contributed by atoms with Crippen LogP contribution in [-0.2, 0) is 11.2 Å². The molecule has 66 valence electrons. The van der Waals surface area contributed by atoms with Gasteiger partial charge in [0.1, 0.15) is 11.8 Å². The number of pyridine rings is 1. The summed E-state index contributed by atoms with van der Waals surface area (Å²) in [7, 11) is 0. The van der Waals surface area contributed by atoms with Gasteiger partial charge in [0.25, 0.3) is 0 Å². The fourth-order valence-corrected chi connectivity index (χ4v) is 0.906. The highest BCUT2D eigenvalue weighted by atomic mass is 16.1. The van der Waals surface area contributed by atoms with E-state index in [9.17, 15) is 4.79 Å². The number of aromatic nitrogens is 1. The second-order valence-electron chi connectivity index (χ2n) is 2.63. The van der Waals surface area contributed by atoms with Gasteiger partial charge in [-0.25, -0.2) is 4.98 Å². The molecule has 0 unspecified atom stereocenters. The number of hydrogen-bond acceptors (Lipinski definition) is 3. The van der Waals surface area contributed by atoms with Crippen molar-refractivity contribution in [2.24, 2.45) is 5.73 Å². The highest BCUT2D eigenvalue weighted by Gasteiger charge is 1.97. The van der Waals surface area contributed by atoms with E-state index < -0.39 is 0 Å². The molecule has 0 saturated heterocycles. The zero-order chi connectivity index (χ0) is 9.68. The Morgan fingerprint density at radius 3 is 2.85 bits per heavy atom. The number of nitrogens with zero attached hydrogens (tertiary/aromatic N) is 2. The van der Waals surface area contributed by atoms with Crippen LogP contribution in [0.15, 0.2) is 18.3 Å². The highest BCUT2D eigenvalue weighted by molar-refractivity contribution is 5.73. The summed E-state index contributed by atoms with van der Waals surface area (Å²) in [5.41, 5.74) is 6.28. The Morgan fingerprint density at radius 1 is 1.62 bits per heavy atom. The normalized spacial score (nSPS) is 9.15. The van der Waals surface area contributed by atoms with Gasteiger partial charge in [0.15, 0.2) is 0 Å². The Labute approximate surface area is 76.0 Å². The van der Waals surface area contributed by atoms with Crippen LogP contribution in [0.4, 0.5) is 0 Å². The smallest absolute Gasteiger partial charge is 0.217 e. The molecule has 4 nitrogen and oxygen atoms in total. The molecule has 0 saturated carbocycles. The molecule has 0 bridgehead atoms. The number of amides is 1. The molecule has 1 rings (SSSR count). The average Bonchev–Trinajstić information content (AvgIpc) is 2.15. The number of nitrogens with two attached hydrogens (primary N) is 1. The number of nitriles is 1. The van der Waals surface area contributed by atoms with Crippen molar-refractivity contribution in [3.05, 3.63) is 29.6 Å². The monoisotopic (exact) mass is 175 g/mol. The molecule has 0 fully saturated rings. The maximum absolute atomic E-state index is 10.4. The molecule has 1 amide bonds. The Bertz CT molecular complexity index is 337. The minimum absolute atomic E-state index is 0.313. The van der Waals surface area contributed by atoms with Crippen molar-refractivity contribution >= 4 is 5.91 Å². The standard InChI is InChI=1S/C9H9N3O/c10-5-8-3-1-7(6-12-8)2-4-9(11)13/h1,3,6H,2,4H2,(H2,11,13). The third-order valence-corrected chi connectivity index (χ3v) is 1.60. The van der Waals surface area contributed by atoms with Crippen molar-refractivity contribution in [2.45, 2.75) is 12.8 Å². The van der Waals surface area contributed by atoms with Crippen molar-refractivity contribution < 1.29 is 4.79 Å². The minimum atomic E-state index is -0.329. The second kappa shape index (κ2) is 4.21. The topological polar surface area (TPSA) is 79.8 Å². The molecule has 0 aliphatic heterocycles. The van der Waals surface area contributed by atoms with Gasteiger partial charge in [-0.05, 0) is 18.1 Å². The third-order valence-electron chi connectivity index (χ3n) is 1.60. The number of primary amides is 1. The Hall–Kier alpha value is -1.89. The summed E-state index contributed by atoms with van der Waals surface area (Å²) in [5.74, 6) is -0.329. The van der Waals surface area contributed by atoms with E-state index in [0.717, 1.165) is 5.56 Å². The third kappa shape index (κ3) is 2.91. The molecule has 0 spiro atoms. The van der Waals surface area contributed by atoms with E-state index in [4.69, 9.17) is 11.0 Å². The molecular weight excluding hydrogens is 166 g/mol. The predicted octanol–water partition coefficient (Wildman–Crippen LogP) is 0.371. The molecule has 0 aliphatic rings. The Balaban J connectivity index is 2.60. The highest BCUT2D eigenvalue weighted by Crippen LogP contribution is 2.02. The van der Waals surface area contributed by atoms with Gasteiger partial charge in [0.05, 0.1) is 0 Å². The first-order valence-electron chi connectivity index (χ1n) is 3.85. The zero-order valence-corrected chi connectivity index (χ0v) is 7.03. The predicted molar refractivity (Wildman–Crippen MR) is 46.5 cm³/mol.